The molecule has 0 fully saturated rings. The van der Waals surface area contributed by atoms with Crippen LogP contribution in [0.25, 0.3) is 0 Å². The van der Waals surface area contributed by atoms with E-state index in [0.717, 1.165) is 5.56 Å². The van der Waals surface area contributed by atoms with Crippen molar-refractivity contribution in [3.05, 3.63) is 88.8 Å². The zero-order valence-corrected chi connectivity index (χ0v) is 15.2. The number of nitriles is 1. The van der Waals surface area contributed by atoms with Crippen LogP contribution in [0.1, 0.15) is 60.2 Å². The van der Waals surface area contributed by atoms with E-state index in [2.05, 4.69) is 18.8 Å². The molecule has 3 aromatic rings. The summed E-state index contributed by atoms with van der Waals surface area (Å²) >= 11 is 0. The van der Waals surface area contributed by atoms with E-state index in [4.69, 9.17) is 5.26 Å². The van der Waals surface area contributed by atoms with E-state index in [1.807, 2.05) is 34.9 Å². The van der Waals surface area contributed by atoms with Gasteiger partial charge in [-0.2, -0.15) is 5.26 Å². The van der Waals surface area contributed by atoms with Gasteiger partial charge in [-0.05, 0) is 29.2 Å². The highest BCUT2D eigenvalue weighted by Crippen LogP contribution is 2.47. The number of nitrogens with zero attached hydrogens (tertiary/aromatic N) is 3. The second kappa shape index (κ2) is 6.33. The van der Waals surface area contributed by atoms with Gasteiger partial charge in [0.2, 0.25) is 0 Å². The molecule has 0 radical (unpaired) electrons. The Balaban J connectivity index is 1.77. The summed E-state index contributed by atoms with van der Waals surface area (Å²) in [5, 5.41) is 20.5. The van der Waals surface area contributed by atoms with Crippen molar-refractivity contribution in [2.75, 3.05) is 0 Å². The molecule has 0 aliphatic carbocycles. The highest BCUT2D eigenvalue weighted by molar-refractivity contribution is 5.41. The fourth-order valence-corrected chi connectivity index (χ4v) is 3.89. The quantitative estimate of drug-likeness (QED) is 0.759. The molecule has 1 aromatic heterocycles. The Morgan fingerprint density at radius 2 is 2.00 bits per heavy atom. The van der Waals surface area contributed by atoms with Gasteiger partial charge < -0.3 is 9.67 Å². The molecule has 4 nitrogen and oxygen atoms in total. The van der Waals surface area contributed by atoms with Crippen LogP contribution in [0.5, 0.6) is 0 Å². The Morgan fingerprint density at radius 1 is 1.26 bits per heavy atom. The van der Waals surface area contributed by atoms with Crippen molar-refractivity contribution in [3.63, 3.8) is 0 Å². The van der Waals surface area contributed by atoms with E-state index in [-0.39, 0.29) is 11.6 Å². The Hall–Kier alpha value is -2.97. The predicted octanol–water partition coefficient (Wildman–Crippen LogP) is 4.25. The van der Waals surface area contributed by atoms with E-state index in [0.29, 0.717) is 23.6 Å². The smallest absolute Gasteiger partial charge is 0.133 e. The molecule has 1 aliphatic rings. The van der Waals surface area contributed by atoms with E-state index in [1.165, 1.54) is 11.6 Å². The van der Waals surface area contributed by atoms with Gasteiger partial charge in [0.1, 0.15) is 11.4 Å². The van der Waals surface area contributed by atoms with Crippen LogP contribution in [0.2, 0.25) is 0 Å². The van der Waals surface area contributed by atoms with E-state index in [1.54, 1.807) is 24.7 Å². The standard InChI is InChI=1S/C22H20FN3O/c1-14(2)16-4-6-17(7-5-16)22(27)10-20(26-13-25-12-21(22)26)18-8-3-15(11-24)9-19(18)23/h3-9,12-14,20,27H,10H2,1-2H3/t20-,22+/m1/s1. The molecule has 1 aliphatic heterocycles. The number of aliphatic hydroxyl groups is 1. The monoisotopic (exact) mass is 361 g/mol. The van der Waals surface area contributed by atoms with Crippen LogP contribution in [0.15, 0.2) is 55.0 Å². The number of aromatic nitrogens is 2. The second-order valence-corrected chi connectivity index (χ2v) is 7.39. The van der Waals surface area contributed by atoms with Crippen LogP contribution in [-0.2, 0) is 5.60 Å². The normalized spacial score (nSPS) is 21.3. The molecule has 0 amide bonds. The Labute approximate surface area is 157 Å². The summed E-state index contributed by atoms with van der Waals surface area (Å²) in [6.45, 7) is 4.25. The third-order valence-electron chi connectivity index (χ3n) is 5.46. The summed E-state index contributed by atoms with van der Waals surface area (Å²) in [6, 6.07) is 13.9. The molecular formula is C22H20FN3O. The Kier molecular flexibility index (Phi) is 4.09. The van der Waals surface area contributed by atoms with Crippen LogP contribution in [-0.4, -0.2) is 14.7 Å². The van der Waals surface area contributed by atoms with Crippen LogP contribution in [0.4, 0.5) is 4.39 Å². The maximum absolute atomic E-state index is 14.6. The molecule has 5 heteroatoms. The molecule has 1 N–H and O–H groups in total. The molecule has 27 heavy (non-hydrogen) atoms. The minimum absolute atomic E-state index is 0.277. The maximum atomic E-state index is 14.6. The average molecular weight is 361 g/mol. The number of fused-ring (bicyclic) bond motifs is 1. The van der Waals surface area contributed by atoms with E-state index >= 15 is 0 Å². The Morgan fingerprint density at radius 3 is 2.63 bits per heavy atom. The summed E-state index contributed by atoms with van der Waals surface area (Å²) in [5.74, 6) is -0.0404. The van der Waals surface area contributed by atoms with Gasteiger partial charge in [-0.15, -0.1) is 0 Å². The molecule has 0 unspecified atom stereocenters. The number of halogens is 1. The van der Waals surface area contributed by atoms with Gasteiger partial charge >= 0.3 is 0 Å². The van der Waals surface area contributed by atoms with Crippen molar-refractivity contribution >= 4 is 0 Å². The SMILES string of the molecule is CC(C)c1ccc([C@@]2(O)C[C@H](c3ccc(C#N)cc3F)n3cncc32)cc1. The number of benzene rings is 2. The van der Waals surface area contributed by atoms with Crippen LogP contribution in [0, 0.1) is 17.1 Å². The topological polar surface area (TPSA) is 61.8 Å². The van der Waals surface area contributed by atoms with Crippen molar-refractivity contribution in [3.8, 4) is 6.07 Å². The van der Waals surface area contributed by atoms with Crippen LogP contribution in [0.3, 0.4) is 0 Å². The first-order valence-corrected chi connectivity index (χ1v) is 8.98. The zero-order chi connectivity index (χ0) is 19.2. The molecular weight excluding hydrogens is 341 g/mol. The highest BCUT2D eigenvalue weighted by atomic mass is 19.1. The van der Waals surface area contributed by atoms with Gasteiger partial charge in [0, 0.05) is 12.0 Å². The molecule has 2 aromatic carbocycles. The second-order valence-electron chi connectivity index (χ2n) is 7.39. The lowest BCUT2D eigenvalue weighted by Gasteiger charge is -2.24. The van der Waals surface area contributed by atoms with Gasteiger partial charge in [-0.25, -0.2) is 9.37 Å². The largest absolute Gasteiger partial charge is 0.379 e. The first kappa shape index (κ1) is 17.4. The minimum atomic E-state index is -1.24. The number of imidazole rings is 1. The predicted molar refractivity (Wildman–Crippen MR) is 99.6 cm³/mol. The van der Waals surface area contributed by atoms with Gasteiger partial charge in [-0.1, -0.05) is 44.2 Å². The molecule has 4 rings (SSSR count). The maximum Gasteiger partial charge on any atom is 0.133 e. The first-order chi connectivity index (χ1) is 12.9. The number of hydrogen-bond acceptors (Lipinski definition) is 3. The lowest BCUT2D eigenvalue weighted by atomic mass is 9.85. The van der Waals surface area contributed by atoms with Crippen molar-refractivity contribution in [2.24, 2.45) is 0 Å². The average Bonchev–Trinajstić information content (AvgIpc) is 3.25. The van der Waals surface area contributed by atoms with Crippen molar-refractivity contribution < 1.29 is 9.50 Å². The fourth-order valence-electron chi connectivity index (χ4n) is 3.89. The molecule has 136 valence electrons. The Bertz CT molecular complexity index is 1030. The third-order valence-corrected chi connectivity index (χ3v) is 5.46. The molecule has 2 atom stereocenters. The molecule has 0 saturated heterocycles. The van der Waals surface area contributed by atoms with Gasteiger partial charge in [0.25, 0.3) is 0 Å². The van der Waals surface area contributed by atoms with Gasteiger partial charge in [0.15, 0.2) is 0 Å². The van der Waals surface area contributed by atoms with Crippen LogP contribution < -0.4 is 0 Å². The van der Waals surface area contributed by atoms with Crippen LogP contribution >= 0.6 is 0 Å². The first-order valence-electron chi connectivity index (χ1n) is 8.98. The summed E-state index contributed by atoms with van der Waals surface area (Å²) in [4.78, 5) is 4.18. The molecule has 0 spiro atoms. The van der Waals surface area contributed by atoms with E-state index < -0.39 is 11.4 Å². The van der Waals surface area contributed by atoms with Gasteiger partial charge in [0.05, 0.1) is 35.9 Å². The third kappa shape index (κ3) is 2.73. The highest BCUT2D eigenvalue weighted by Gasteiger charge is 2.45. The summed E-state index contributed by atoms with van der Waals surface area (Å²) in [7, 11) is 0. The lowest BCUT2D eigenvalue weighted by Crippen LogP contribution is -2.24. The zero-order valence-electron chi connectivity index (χ0n) is 15.2. The number of hydrogen-bond donors (Lipinski definition) is 1. The summed E-state index contributed by atoms with van der Waals surface area (Å²) in [5.41, 5.74) is 2.10. The van der Waals surface area contributed by atoms with Crippen molar-refractivity contribution in [2.45, 2.75) is 37.8 Å². The fraction of sp³-hybridized carbons (Fsp3) is 0.273. The molecule has 2 heterocycles. The molecule has 0 saturated carbocycles. The minimum Gasteiger partial charge on any atom is -0.379 e. The molecule has 0 bridgehead atoms. The number of rotatable bonds is 3. The lowest BCUT2D eigenvalue weighted by molar-refractivity contribution is 0.0792. The summed E-state index contributed by atoms with van der Waals surface area (Å²) < 4.78 is 16.4. The van der Waals surface area contributed by atoms with Gasteiger partial charge in [-0.3, -0.25) is 0 Å². The summed E-state index contributed by atoms with van der Waals surface area (Å²) in [6.07, 6.45) is 3.57. The van der Waals surface area contributed by atoms with Crippen molar-refractivity contribution in [1.82, 2.24) is 9.55 Å². The van der Waals surface area contributed by atoms with Crippen molar-refractivity contribution in [1.29, 1.82) is 5.26 Å². The van der Waals surface area contributed by atoms with E-state index in [9.17, 15) is 9.50 Å².